The van der Waals surface area contributed by atoms with E-state index in [-0.39, 0.29) is 6.42 Å². The van der Waals surface area contributed by atoms with Crippen molar-refractivity contribution in [1.29, 1.82) is 5.26 Å². The zero-order valence-corrected chi connectivity index (χ0v) is 10.3. The van der Waals surface area contributed by atoms with Gasteiger partial charge in [-0.3, -0.25) is 9.59 Å². The summed E-state index contributed by atoms with van der Waals surface area (Å²) in [5.41, 5.74) is 0.949. The van der Waals surface area contributed by atoms with E-state index < -0.39 is 18.0 Å². The third-order valence-corrected chi connectivity index (χ3v) is 2.23. The van der Waals surface area contributed by atoms with Gasteiger partial charge in [-0.1, -0.05) is 13.0 Å². The highest BCUT2D eigenvalue weighted by Crippen LogP contribution is 2.10. The predicted molar refractivity (Wildman–Crippen MR) is 65.6 cm³/mol. The number of amides is 1. The van der Waals surface area contributed by atoms with Crippen molar-refractivity contribution in [1.82, 2.24) is 0 Å². The van der Waals surface area contributed by atoms with Gasteiger partial charge in [0.05, 0.1) is 11.6 Å². The molecule has 1 aromatic carbocycles. The number of hydrogen-bond acceptors (Lipinski definition) is 4. The minimum absolute atomic E-state index is 0.224. The Bertz CT molecular complexity index is 491. The van der Waals surface area contributed by atoms with Crippen LogP contribution in [0.25, 0.3) is 0 Å². The number of nitriles is 1. The molecule has 0 bridgehead atoms. The fourth-order valence-corrected chi connectivity index (χ4v) is 1.24. The van der Waals surface area contributed by atoms with Crippen LogP contribution >= 0.6 is 0 Å². The Morgan fingerprint density at radius 1 is 1.50 bits per heavy atom. The highest BCUT2D eigenvalue weighted by atomic mass is 16.5. The minimum Gasteiger partial charge on any atom is -0.453 e. The number of anilines is 1. The third kappa shape index (κ3) is 3.91. The molecule has 0 unspecified atom stereocenters. The van der Waals surface area contributed by atoms with Gasteiger partial charge in [-0.25, -0.2) is 0 Å². The number of nitrogens with zero attached hydrogens (tertiary/aromatic N) is 1. The van der Waals surface area contributed by atoms with Crippen molar-refractivity contribution in [2.75, 3.05) is 5.32 Å². The number of nitrogens with one attached hydrogen (secondary N) is 1. The van der Waals surface area contributed by atoms with Gasteiger partial charge in [-0.05, 0) is 25.1 Å². The number of carbonyl (C=O) groups excluding carboxylic acids is 2. The van der Waals surface area contributed by atoms with Gasteiger partial charge in [-0.15, -0.1) is 0 Å². The van der Waals surface area contributed by atoms with Gasteiger partial charge in [0.1, 0.15) is 0 Å². The second-order valence-electron chi connectivity index (χ2n) is 3.67. The Labute approximate surface area is 105 Å². The van der Waals surface area contributed by atoms with Crippen LogP contribution in [0.5, 0.6) is 0 Å². The summed E-state index contributed by atoms with van der Waals surface area (Å²) in [6, 6.07) is 8.48. The first-order chi connectivity index (χ1) is 8.56. The summed E-state index contributed by atoms with van der Waals surface area (Å²) in [4.78, 5) is 22.7. The molecule has 0 aromatic heterocycles. The van der Waals surface area contributed by atoms with Gasteiger partial charge in [0.25, 0.3) is 5.91 Å². The third-order valence-electron chi connectivity index (χ3n) is 2.23. The zero-order valence-electron chi connectivity index (χ0n) is 10.3. The van der Waals surface area contributed by atoms with Gasteiger partial charge in [-0.2, -0.15) is 5.26 Å². The van der Waals surface area contributed by atoms with E-state index >= 15 is 0 Å². The SMILES string of the molecule is CCC(=O)O[C@H](C)C(=O)Nc1cccc(C#N)c1. The van der Waals surface area contributed by atoms with E-state index in [2.05, 4.69) is 5.32 Å². The van der Waals surface area contributed by atoms with E-state index in [1.165, 1.54) is 6.92 Å². The average Bonchev–Trinajstić information content (AvgIpc) is 2.38. The highest BCUT2D eigenvalue weighted by Gasteiger charge is 2.16. The molecule has 1 atom stereocenters. The first-order valence-corrected chi connectivity index (χ1v) is 5.57. The lowest BCUT2D eigenvalue weighted by Crippen LogP contribution is -2.29. The molecule has 1 aromatic rings. The Kier molecular flexibility index (Phi) is 4.88. The lowest BCUT2D eigenvalue weighted by atomic mass is 10.2. The van der Waals surface area contributed by atoms with Crippen LogP contribution in [0.3, 0.4) is 0 Å². The first kappa shape index (κ1) is 13.7. The highest BCUT2D eigenvalue weighted by molar-refractivity contribution is 5.95. The van der Waals surface area contributed by atoms with Crippen LogP contribution < -0.4 is 5.32 Å². The van der Waals surface area contributed by atoms with E-state index in [1.807, 2.05) is 6.07 Å². The molecule has 0 spiro atoms. The Hall–Kier alpha value is -2.35. The molecule has 0 aliphatic rings. The molecule has 0 fully saturated rings. The van der Waals surface area contributed by atoms with Crippen LogP contribution in [0.1, 0.15) is 25.8 Å². The molecule has 1 rings (SSSR count). The number of rotatable bonds is 4. The maximum Gasteiger partial charge on any atom is 0.306 e. The monoisotopic (exact) mass is 246 g/mol. The van der Waals surface area contributed by atoms with Crippen LogP contribution in [0.2, 0.25) is 0 Å². The van der Waals surface area contributed by atoms with Gasteiger partial charge in [0.2, 0.25) is 0 Å². The van der Waals surface area contributed by atoms with Crippen LogP contribution in [0.4, 0.5) is 5.69 Å². The molecular formula is C13H14N2O3. The second kappa shape index (κ2) is 6.40. The van der Waals surface area contributed by atoms with Gasteiger partial charge >= 0.3 is 5.97 Å². The summed E-state index contributed by atoms with van der Waals surface area (Å²) in [5, 5.41) is 11.3. The summed E-state index contributed by atoms with van der Waals surface area (Å²) in [6.07, 6.45) is -0.634. The molecule has 1 amide bonds. The molecule has 5 heteroatoms. The minimum atomic E-state index is -0.858. The average molecular weight is 246 g/mol. The molecule has 0 aliphatic carbocycles. The molecule has 0 aliphatic heterocycles. The molecule has 94 valence electrons. The van der Waals surface area contributed by atoms with Crippen LogP contribution in [0, 0.1) is 11.3 Å². The fraction of sp³-hybridized carbons (Fsp3) is 0.308. The van der Waals surface area contributed by atoms with Crippen molar-refractivity contribution in [3.63, 3.8) is 0 Å². The summed E-state index contributed by atoms with van der Waals surface area (Å²) >= 11 is 0. The number of carbonyl (C=O) groups is 2. The number of ether oxygens (including phenoxy) is 1. The zero-order chi connectivity index (χ0) is 13.5. The molecular weight excluding hydrogens is 232 g/mol. The van der Waals surface area contributed by atoms with Crippen molar-refractivity contribution in [3.8, 4) is 6.07 Å². The van der Waals surface area contributed by atoms with Gasteiger partial charge in [0.15, 0.2) is 6.10 Å². The van der Waals surface area contributed by atoms with E-state index in [0.29, 0.717) is 11.3 Å². The van der Waals surface area contributed by atoms with Crippen molar-refractivity contribution in [2.45, 2.75) is 26.4 Å². The smallest absolute Gasteiger partial charge is 0.306 e. The lowest BCUT2D eigenvalue weighted by Gasteiger charge is -2.12. The predicted octanol–water partition coefficient (Wildman–Crippen LogP) is 1.84. The number of benzene rings is 1. The molecule has 18 heavy (non-hydrogen) atoms. The van der Waals surface area contributed by atoms with Crippen molar-refractivity contribution in [3.05, 3.63) is 29.8 Å². The van der Waals surface area contributed by atoms with Crippen molar-refractivity contribution >= 4 is 17.6 Å². The summed E-state index contributed by atoms with van der Waals surface area (Å²) in [5.74, 6) is -0.852. The van der Waals surface area contributed by atoms with Crippen LogP contribution in [0.15, 0.2) is 24.3 Å². The summed E-state index contributed by atoms with van der Waals surface area (Å²) in [6.45, 7) is 3.15. The van der Waals surface area contributed by atoms with E-state index in [4.69, 9.17) is 10.00 Å². The Morgan fingerprint density at radius 3 is 2.83 bits per heavy atom. The topological polar surface area (TPSA) is 79.2 Å². The Balaban J connectivity index is 2.64. The largest absolute Gasteiger partial charge is 0.453 e. The molecule has 0 radical (unpaired) electrons. The van der Waals surface area contributed by atoms with Crippen LogP contribution in [-0.4, -0.2) is 18.0 Å². The van der Waals surface area contributed by atoms with E-state index in [0.717, 1.165) is 0 Å². The second-order valence-corrected chi connectivity index (χ2v) is 3.67. The molecule has 1 N–H and O–H groups in total. The quantitative estimate of drug-likeness (QED) is 0.822. The fourth-order valence-electron chi connectivity index (χ4n) is 1.24. The molecule has 0 saturated heterocycles. The Morgan fingerprint density at radius 2 is 2.22 bits per heavy atom. The standard InChI is InChI=1S/C13H14N2O3/c1-3-12(16)18-9(2)13(17)15-11-6-4-5-10(7-11)8-14/h4-7,9H,3H2,1-2H3,(H,15,17)/t9-/m1/s1. The number of esters is 1. The number of hydrogen-bond donors (Lipinski definition) is 1. The van der Waals surface area contributed by atoms with Crippen molar-refractivity contribution < 1.29 is 14.3 Å². The first-order valence-electron chi connectivity index (χ1n) is 5.57. The van der Waals surface area contributed by atoms with Crippen LogP contribution in [-0.2, 0) is 14.3 Å². The molecule has 0 saturated carbocycles. The van der Waals surface area contributed by atoms with Crippen molar-refractivity contribution in [2.24, 2.45) is 0 Å². The van der Waals surface area contributed by atoms with Gasteiger partial charge in [0, 0.05) is 12.1 Å². The summed E-state index contributed by atoms with van der Waals surface area (Å²) < 4.78 is 4.87. The molecule has 5 nitrogen and oxygen atoms in total. The summed E-state index contributed by atoms with van der Waals surface area (Å²) in [7, 11) is 0. The van der Waals surface area contributed by atoms with E-state index in [1.54, 1.807) is 31.2 Å². The molecule has 0 heterocycles. The maximum absolute atomic E-state index is 11.7. The normalized spacial score (nSPS) is 11.2. The lowest BCUT2D eigenvalue weighted by molar-refractivity contribution is -0.152. The van der Waals surface area contributed by atoms with Gasteiger partial charge < -0.3 is 10.1 Å². The van der Waals surface area contributed by atoms with E-state index in [9.17, 15) is 9.59 Å². The maximum atomic E-state index is 11.7.